The van der Waals surface area contributed by atoms with Crippen molar-refractivity contribution in [1.82, 2.24) is 28.2 Å². The molecule has 22 aromatic carbocycles. The van der Waals surface area contributed by atoms with Crippen LogP contribution in [0.4, 0.5) is 0 Å². The van der Waals surface area contributed by atoms with Gasteiger partial charge in [-0.15, -0.1) is 0 Å². The minimum absolute atomic E-state index is 0.801. The Labute approximate surface area is 775 Å². The van der Waals surface area contributed by atoms with Crippen molar-refractivity contribution in [3.05, 3.63) is 479 Å². The zero-order valence-electron chi connectivity index (χ0n) is 72.9. The molecule has 0 bridgehead atoms. The number of fused-ring (bicyclic) bond motifs is 33. The van der Waals surface area contributed by atoms with E-state index in [9.17, 15) is 0 Å². The minimum Gasteiger partial charge on any atom is -0.309 e. The molecule has 28 rings (SSSR count). The van der Waals surface area contributed by atoms with Gasteiger partial charge in [-0.3, -0.25) is 13.2 Å². The Morgan fingerprint density at radius 2 is 0.496 bits per heavy atom. The van der Waals surface area contributed by atoms with E-state index in [-0.39, 0.29) is 0 Å². The molecular weight excluding hydrogens is 1700 g/mol. The van der Waals surface area contributed by atoms with Gasteiger partial charge in [-0.05, 0) is 173 Å². The number of aromatic nitrogens is 6. The molecule has 0 aliphatic rings. The third-order valence-electron chi connectivity index (χ3n) is 27.6. The number of pyridine rings is 3. The second-order valence-electron chi connectivity index (χ2n) is 35.0. The van der Waals surface area contributed by atoms with Crippen molar-refractivity contribution in [3.63, 3.8) is 0 Å². The van der Waals surface area contributed by atoms with Crippen molar-refractivity contribution < 1.29 is 13.7 Å². The zero-order chi connectivity index (χ0) is 89.6. The average Bonchev–Trinajstić information content (AvgIpc) is 1.62. The molecule has 135 heavy (non-hydrogen) atoms. The molecule has 6 heterocycles. The first kappa shape index (κ1) is 79.4. The molecule has 0 aliphatic heterocycles. The van der Waals surface area contributed by atoms with Gasteiger partial charge in [0.2, 0.25) is 0 Å². The maximum Gasteiger partial charge on any atom is 0.173 e. The third-order valence-corrected chi connectivity index (χ3v) is 36.8. The molecule has 0 aliphatic carbocycles. The van der Waals surface area contributed by atoms with Crippen LogP contribution < -0.4 is 47.7 Å². The summed E-state index contributed by atoms with van der Waals surface area (Å²) in [6, 6.07) is 165. The molecule has 0 spiro atoms. The summed E-state index contributed by atoms with van der Waals surface area (Å²) in [6.45, 7) is 0. The lowest BCUT2D eigenvalue weighted by Crippen LogP contribution is -2.26. The standard InChI is InChI=1S/C43H27N2OP.C41H27N2OP.C39H25N2OP/c46-47(32-22-20-28-10-1-2-13-31(28)26-32,41-19-9-14-29-11-3-5-15-34(29)41)33-23-25-36-40(27-33)45-39-18-8-7-17-38(39)44-43(45)37-24-21-30-12-4-6-16-35(30)42(36)37;44-45(31-14-5-2-6-15-31,32-22-19-29(20-23-32)28-11-3-1-4-12-28)33-24-26-38-36(27-33)40-34-16-8-7-13-30(34)21-25-35(40)41-42-37-17-9-10-18-39(37)43(38)41;42-43(29-14-2-1-3-15-29,30-23-21-26-11-4-5-13-28(26)25-30)36-20-10-17-32-37-31-16-7-6-12-27(31)22-24-33(37)39-40-34-18-8-9-19-35(34)41(39)38(32)36/h1-27H;1-27H;1-25H. The second-order valence-corrected chi connectivity index (χ2v) is 43.2. The van der Waals surface area contributed by atoms with Crippen LogP contribution >= 0.6 is 21.4 Å². The highest BCUT2D eigenvalue weighted by Crippen LogP contribution is 2.51. The molecule has 9 nitrogen and oxygen atoms in total. The predicted molar refractivity (Wildman–Crippen MR) is 572 cm³/mol. The van der Waals surface area contributed by atoms with Gasteiger partial charge in [0.1, 0.15) is 16.9 Å². The average molecular weight is 1780 g/mol. The van der Waals surface area contributed by atoms with E-state index in [4.69, 9.17) is 15.0 Å². The topological polar surface area (TPSA) is 103 Å². The summed E-state index contributed by atoms with van der Waals surface area (Å²) in [5.41, 5.74) is 13.8. The van der Waals surface area contributed by atoms with Crippen molar-refractivity contribution in [2.75, 3.05) is 0 Å². The largest absolute Gasteiger partial charge is 0.309 e. The summed E-state index contributed by atoms with van der Waals surface area (Å²) in [4.78, 5) is 15.5. The number of nitrogens with zero attached hydrogens (tertiary/aromatic N) is 6. The van der Waals surface area contributed by atoms with Crippen molar-refractivity contribution in [2.24, 2.45) is 0 Å². The van der Waals surface area contributed by atoms with Gasteiger partial charge in [0.15, 0.2) is 21.4 Å². The van der Waals surface area contributed by atoms with Crippen molar-refractivity contribution in [1.29, 1.82) is 0 Å². The lowest BCUT2D eigenvalue weighted by molar-refractivity contribution is 0.591. The fourth-order valence-electron chi connectivity index (χ4n) is 21.3. The predicted octanol–water partition coefficient (Wildman–Crippen LogP) is 27.9. The van der Waals surface area contributed by atoms with Gasteiger partial charge >= 0.3 is 0 Å². The van der Waals surface area contributed by atoms with Crippen molar-refractivity contribution in [3.8, 4) is 11.1 Å². The first-order valence-electron chi connectivity index (χ1n) is 45.6. The number of rotatable bonds is 10. The van der Waals surface area contributed by atoms with Gasteiger partial charge in [-0.25, -0.2) is 15.0 Å². The van der Waals surface area contributed by atoms with Crippen LogP contribution in [0.15, 0.2) is 479 Å². The van der Waals surface area contributed by atoms with Crippen LogP contribution in [0.2, 0.25) is 0 Å². The van der Waals surface area contributed by atoms with Crippen LogP contribution in [-0.2, 0) is 13.7 Å². The third kappa shape index (κ3) is 12.5. The number of para-hydroxylation sites is 7. The van der Waals surface area contributed by atoms with E-state index in [0.29, 0.717) is 0 Å². The Bertz CT molecular complexity index is 9970. The first-order chi connectivity index (χ1) is 66.6. The summed E-state index contributed by atoms with van der Waals surface area (Å²) in [7, 11) is -10.0. The summed E-state index contributed by atoms with van der Waals surface area (Å²) in [5.74, 6) is 0. The zero-order valence-corrected chi connectivity index (χ0v) is 75.5. The number of benzene rings is 22. The molecular formula is C123H79N6O3P3. The molecule has 12 heteroatoms. The molecule has 3 unspecified atom stereocenters. The van der Waals surface area contributed by atoms with Crippen LogP contribution in [0.5, 0.6) is 0 Å². The molecule has 3 atom stereocenters. The monoisotopic (exact) mass is 1780 g/mol. The van der Waals surface area contributed by atoms with Crippen LogP contribution in [0.1, 0.15) is 0 Å². The van der Waals surface area contributed by atoms with Crippen molar-refractivity contribution in [2.45, 2.75) is 0 Å². The van der Waals surface area contributed by atoms with E-state index in [1.807, 2.05) is 152 Å². The van der Waals surface area contributed by atoms with E-state index in [2.05, 4.69) is 341 Å². The van der Waals surface area contributed by atoms with Crippen molar-refractivity contribution >= 4 is 249 Å². The smallest absolute Gasteiger partial charge is 0.173 e. The molecule has 0 saturated carbocycles. The van der Waals surface area contributed by atoms with Gasteiger partial charge in [0.05, 0.1) is 49.7 Å². The number of hydrogen-bond donors (Lipinski definition) is 0. The minimum atomic E-state index is -3.39. The van der Waals surface area contributed by atoms with Gasteiger partial charge in [0, 0.05) is 96.2 Å². The fraction of sp³-hybridized carbons (Fsp3) is 0. The van der Waals surface area contributed by atoms with Gasteiger partial charge in [0.25, 0.3) is 0 Å². The Morgan fingerprint density at radius 3 is 1.04 bits per heavy atom. The first-order valence-corrected chi connectivity index (χ1v) is 50.7. The van der Waals surface area contributed by atoms with E-state index >= 15 is 13.7 Å². The number of hydrogen-bond acceptors (Lipinski definition) is 6. The highest BCUT2D eigenvalue weighted by molar-refractivity contribution is 7.86. The molecule has 634 valence electrons. The summed E-state index contributed by atoms with van der Waals surface area (Å²) >= 11 is 0. The summed E-state index contributed by atoms with van der Waals surface area (Å²) in [6.07, 6.45) is 0. The summed E-state index contributed by atoms with van der Waals surface area (Å²) < 4.78 is 54.9. The molecule has 0 radical (unpaired) electrons. The molecule has 0 saturated heterocycles. The Morgan fingerprint density at radius 1 is 0.170 bits per heavy atom. The quantitative estimate of drug-likeness (QED) is 0.0998. The number of imidazole rings is 3. The van der Waals surface area contributed by atoms with Crippen LogP contribution in [0.3, 0.4) is 0 Å². The van der Waals surface area contributed by atoms with Gasteiger partial charge < -0.3 is 13.7 Å². The summed E-state index contributed by atoms with van der Waals surface area (Å²) in [5, 5.41) is 30.8. The fourth-order valence-corrected chi connectivity index (χ4v) is 29.7. The lowest BCUT2D eigenvalue weighted by Gasteiger charge is -2.23. The normalized spacial score (nSPS) is 13.3. The molecule has 0 fully saturated rings. The Kier molecular flexibility index (Phi) is 18.6. The van der Waals surface area contributed by atoms with E-state index in [1.54, 1.807) is 0 Å². The lowest BCUT2D eigenvalue weighted by atomic mass is 9.99. The van der Waals surface area contributed by atoms with E-state index < -0.39 is 21.4 Å². The molecule has 0 N–H and O–H groups in total. The maximum absolute atomic E-state index is 16.3. The molecule has 0 amide bonds. The molecule has 6 aromatic heterocycles. The highest BCUT2D eigenvalue weighted by Gasteiger charge is 2.37. The second kappa shape index (κ2) is 31.6. The maximum atomic E-state index is 16.3. The Balaban J connectivity index is 0.000000105. The van der Waals surface area contributed by atoms with E-state index in [1.165, 1.54) is 21.5 Å². The Hall–Kier alpha value is -16.5. The SMILES string of the molecule is O=P(c1ccc2ccccc2c1)(c1ccc2c3c4ccccc4ccc3c3nc4ccccc4n3c2c1)c1cccc2ccccc12.O=P(c1ccccc1)(c1ccc(-c2ccccc2)cc1)c1ccc2c(c1)c1c3ccccc3ccc1c1nc3ccccc3n21.O=P(c1ccccc1)(c1ccc2ccccc2c1)c1cccc2c3c4ccccc4ccc3c3nc4ccccc4n3c12. The van der Waals surface area contributed by atoms with Crippen LogP contribution in [0, 0.1) is 0 Å². The van der Waals surface area contributed by atoms with Gasteiger partial charge in [-0.2, -0.15) is 0 Å². The molecule has 28 aromatic rings. The van der Waals surface area contributed by atoms with E-state index in [0.717, 1.165) is 217 Å². The van der Waals surface area contributed by atoms with Crippen LogP contribution in [-0.4, -0.2) is 28.2 Å². The van der Waals surface area contributed by atoms with Gasteiger partial charge in [-0.1, -0.05) is 382 Å². The highest BCUT2D eigenvalue weighted by atomic mass is 31.2. The van der Waals surface area contributed by atoms with Crippen LogP contribution in [0.25, 0.3) is 191 Å².